The Balaban J connectivity index is 1.45. The maximum absolute atomic E-state index is 12.4. The average Bonchev–Trinajstić information content (AvgIpc) is 3.29. The molecule has 1 aliphatic rings. The van der Waals surface area contributed by atoms with Crippen LogP contribution in [-0.2, 0) is 9.59 Å². The lowest BCUT2D eigenvalue weighted by molar-refractivity contribution is -0.132. The molecule has 10 heteroatoms. The summed E-state index contributed by atoms with van der Waals surface area (Å²) >= 11 is 1.22. The number of furan rings is 1. The van der Waals surface area contributed by atoms with Crippen LogP contribution in [0.4, 0.5) is 5.13 Å². The van der Waals surface area contributed by atoms with Gasteiger partial charge in [0, 0.05) is 39.0 Å². The summed E-state index contributed by atoms with van der Waals surface area (Å²) in [4.78, 5) is 39.9. The zero-order valence-corrected chi connectivity index (χ0v) is 14.9. The first kappa shape index (κ1) is 18.1. The van der Waals surface area contributed by atoms with Crippen LogP contribution in [-0.4, -0.2) is 63.9 Å². The van der Waals surface area contributed by atoms with E-state index in [9.17, 15) is 14.4 Å². The van der Waals surface area contributed by atoms with Gasteiger partial charge in [-0.2, -0.15) is 0 Å². The molecule has 0 saturated carbocycles. The quantitative estimate of drug-likeness (QED) is 0.839. The Labute approximate surface area is 154 Å². The maximum atomic E-state index is 12.4. The van der Waals surface area contributed by atoms with E-state index in [0.29, 0.717) is 43.5 Å². The smallest absolute Gasteiger partial charge is 0.289 e. The standard InChI is InChI=1S/C16H19N5O4S/c22-13(18-16-19-17-11-26-16)4-5-14(23)20-6-2-7-21(9-8-20)15(24)12-3-1-10-25-12/h1,3,10-11H,2,4-9H2,(H,18,19,22). The van der Waals surface area contributed by atoms with Crippen molar-refractivity contribution in [3.05, 3.63) is 29.7 Å². The van der Waals surface area contributed by atoms with Gasteiger partial charge in [0.2, 0.25) is 16.9 Å². The first-order valence-electron chi connectivity index (χ1n) is 8.30. The van der Waals surface area contributed by atoms with Crippen LogP contribution in [0.3, 0.4) is 0 Å². The van der Waals surface area contributed by atoms with E-state index < -0.39 is 0 Å². The van der Waals surface area contributed by atoms with Crippen molar-refractivity contribution in [3.8, 4) is 0 Å². The van der Waals surface area contributed by atoms with Crippen molar-refractivity contribution in [2.24, 2.45) is 0 Å². The molecule has 3 rings (SSSR count). The van der Waals surface area contributed by atoms with Crippen LogP contribution in [0.2, 0.25) is 0 Å². The number of amides is 3. The van der Waals surface area contributed by atoms with Crippen molar-refractivity contribution >= 4 is 34.2 Å². The molecule has 1 saturated heterocycles. The molecule has 0 bridgehead atoms. The van der Waals surface area contributed by atoms with Gasteiger partial charge in [0.25, 0.3) is 5.91 Å². The molecule has 1 aliphatic heterocycles. The molecular formula is C16H19N5O4S. The Morgan fingerprint density at radius 3 is 2.69 bits per heavy atom. The normalized spacial score (nSPS) is 14.8. The Bertz CT molecular complexity index is 747. The van der Waals surface area contributed by atoms with Gasteiger partial charge in [0.15, 0.2) is 5.76 Å². The van der Waals surface area contributed by atoms with Crippen LogP contribution < -0.4 is 5.32 Å². The number of hydrogen-bond acceptors (Lipinski definition) is 7. The Morgan fingerprint density at radius 1 is 1.15 bits per heavy atom. The molecule has 26 heavy (non-hydrogen) atoms. The second-order valence-corrected chi connectivity index (χ2v) is 6.63. The van der Waals surface area contributed by atoms with E-state index >= 15 is 0 Å². The summed E-state index contributed by atoms with van der Waals surface area (Å²) in [5.41, 5.74) is 1.52. The SMILES string of the molecule is O=C(CCC(=O)N1CCCN(C(=O)c2ccco2)CC1)Nc1nncs1. The highest BCUT2D eigenvalue weighted by molar-refractivity contribution is 7.13. The van der Waals surface area contributed by atoms with Gasteiger partial charge in [0.1, 0.15) is 5.51 Å². The largest absolute Gasteiger partial charge is 0.459 e. The predicted molar refractivity (Wildman–Crippen MR) is 93.6 cm³/mol. The molecule has 0 aliphatic carbocycles. The number of hydrogen-bond donors (Lipinski definition) is 1. The van der Waals surface area contributed by atoms with Gasteiger partial charge in [-0.1, -0.05) is 11.3 Å². The van der Waals surface area contributed by atoms with E-state index in [4.69, 9.17) is 4.42 Å². The molecule has 1 fully saturated rings. The van der Waals surface area contributed by atoms with E-state index in [-0.39, 0.29) is 30.6 Å². The van der Waals surface area contributed by atoms with Crippen LogP contribution >= 0.6 is 11.3 Å². The van der Waals surface area contributed by atoms with Gasteiger partial charge in [-0.05, 0) is 18.6 Å². The Hall–Kier alpha value is -2.75. The summed E-state index contributed by atoms with van der Waals surface area (Å²) in [5, 5.41) is 10.4. The molecular weight excluding hydrogens is 358 g/mol. The van der Waals surface area contributed by atoms with Crippen LogP contribution in [0.15, 0.2) is 28.3 Å². The van der Waals surface area contributed by atoms with Crippen LogP contribution in [0.5, 0.6) is 0 Å². The summed E-state index contributed by atoms with van der Waals surface area (Å²) in [7, 11) is 0. The number of anilines is 1. The molecule has 3 amide bonds. The van der Waals surface area contributed by atoms with Gasteiger partial charge in [-0.15, -0.1) is 10.2 Å². The van der Waals surface area contributed by atoms with Crippen LogP contribution in [0, 0.1) is 0 Å². The van der Waals surface area contributed by atoms with Crippen molar-refractivity contribution < 1.29 is 18.8 Å². The van der Waals surface area contributed by atoms with E-state index in [2.05, 4.69) is 15.5 Å². The summed E-state index contributed by atoms with van der Waals surface area (Å²) in [6, 6.07) is 3.31. The zero-order valence-electron chi connectivity index (χ0n) is 14.1. The second-order valence-electron chi connectivity index (χ2n) is 5.80. The fourth-order valence-corrected chi connectivity index (χ4v) is 3.18. The highest BCUT2D eigenvalue weighted by atomic mass is 32.1. The minimum Gasteiger partial charge on any atom is -0.459 e. The highest BCUT2D eigenvalue weighted by Crippen LogP contribution is 2.12. The van der Waals surface area contributed by atoms with Crippen molar-refractivity contribution in [1.29, 1.82) is 0 Å². The molecule has 0 radical (unpaired) electrons. The van der Waals surface area contributed by atoms with E-state index in [1.165, 1.54) is 23.1 Å². The monoisotopic (exact) mass is 377 g/mol. The van der Waals surface area contributed by atoms with Gasteiger partial charge < -0.3 is 19.5 Å². The topological polar surface area (TPSA) is 109 Å². The Morgan fingerprint density at radius 2 is 1.96 bits per heavy atom. The summed E-state index contributed by atoms with van der Waals surface area (Å²) in [6.07, 6.45) is 2.36. The minimum absolute atomic E-state index is 0.0873. The average molecular weight is 377 g/mol. The van der Waals surface area contributed by atoms with Crippen molar-refractivity contribution in [3.63, 3.8) is 0 Å². The van der Waals surface area contributed by atoms with E-state index in [1.54, 1.807) is 21.9 Å². The lowest BCUT2D eigenvalue weighted by atomic mass is 10.2. The molecule has 1 N–H and O–H groups in total. The van der Waals surface area contributed by atoms with Crippen LogP contribution in [0.1, 0.15) is 29.8 Å². The summed E-state index contributed by atoms with van der Waals surface area (Å²) in [6.45, 7) is 2.03. The van der Waals surface area contributed by atoms with E-state index in [1.807, 2.05) is 0 Å². The molecule has 2 aromatic rings. The zero-order chi connectivity index (χ0) is 18.4. The molecule has 0 atom stereocenters. The molecule has 9 nitrogen and oxygen atoms in total. The third kappa shape index (κ3) is 4.66. The molecule has 0 spiro atoms. The lowest BCUT2D eigenvalue weighted by Gasteiger charge is -2.21. The van der Waals surface area contributed by atoms with E-state index in [0.717, 1.165) is 0 Å². The number of nitrogens with one attached hydrogen (secondary N) is 1. The van der Waals surface area contributed by atoms with Gasteiger partial charge >= 0.3 is 0 Å². The molecule has 2 aromatic heterocycles. The third-order valence-corrected chi connectivity index (χ3v) is 4.65. The maximum Gasteiger partial charge on any atom is 0.289 e. The first-order valence-corrected chi connectivity index (χ1v) is 9.18. The molecule has 3 heterocycles. The highest BCUT2D eigenvalue weighted by Gasteiger charge is 2.24. The molecule has 0 aromatic carbocycles. The van der Waals surface area contributed by atoms with Crippen LogP contribution in [0.25, 0.3) is 0 Å². The van der Waals surface area contributed by atoms with Gasteiger partial charge in [0.05, 0.1) is 6.26 Å². The fraction of sp³-hybridized carbons (Fsp3) is 0.438. The number of aromatic nitrogens is 2. The van der Waals surface area contributed by atoms with Crippen molar-refractivity contribution in [2.75, 3.05) is 31.5 Å². The number of nitrogens with zero attached hydrogens (tertiary/aromatic N) is 4. The van der Waals surface area contributed by atoms with Crippen molar-refractivity contribution in [1.82, 2.24) is 20.0 Å². The number of carbonyl (C=O) groups excluding carboxylic acids is 3. The van der Waals surface area contributed by atoms with Gasteiger partial charge in [-0.3, -0.25) is 14.4 Å². The summed E-state index contributed by atoms with van der Waals surface area (Å²) < 4.78 is 5.15. The Kier molecular flexibility index (Phi) is 5.95. The lowest BCUT2D eigenvalue weighted by Crippen LogP contribution is -2.37. The number of carbonyl (C=O) groups is 3. The summed E-state index contributed by atoms with van der Waals surface area (Å²) in [5.74, 6) is -0.219. The second kappa shape index (κ2) is 8.56. The van der Waals surface area contributed by atoms with Gasteiger partial charge in [-0.25, -0.2) is 0 Å². The predicted octanol–water partition coefficient (Wildman–Crippen LogP) is 1.22. The molecule has 0 unspecified atom stereocenters. The minimum atomic E-state index is -0.264. The van der Waals surface area contributed by atoms with Crippen molar-refractivity contribution in [2.45, 2.75) is 19.3 Å². The first-order chi connectivity index (χ1) is 12.6. The fourth-order valence-electron chi connectivity index (χ4n) is 2.71. The third-order valence-electron chi connectivity index (χ3n) is 4.04. The number of rotatable bonds is 5. The molecule has 138 valence electrons.